The molecule has 0 aliphatic carbocycles. The predicted octanol–water partition coefficient (Wildman–Crippen LogP) is 2.02. The number of aromatic nitrogens is 1. The number of oxazole rings is 1. The van der Waals surface area contributed by atoms with Gasteiger partial charge in [-0.1, -0.05) is 12.1 Å². The monoisotopic (exact) mass is 177 g/mol. The molecule has 0 aliphatic heterocycles. The van der Waals surface area contributed by atoms with Crippen LogP contribution in [0.3, 0.4) is 0 Å². The number of nitrogens with zero attached hydrogens (tertiary/aromatic N) is 1. The van der Waals surface area contributed by atoms with Crippen molar-refractivity contribution in [2.24, 2.45) is 0 Å². The summed E-state index contributed by atoms with van der Waals surface area (Å²) >= 11 is 0. The van der Waals surface area contributed by atoms with Crippen LogP contribution in [0.25, 0.3) is 11.1 Å². The van der Waals surface area contributed by atoms with Gasteiger partial charge in [0.25, 0.3) is 0 Å². The first-order valence-electron chi connectivity index (χ1n) is 4.23. The van der Waals surface area contributed by atoms with Gasteiger partial charge in [-0.15, -0.1) is 0 Å². The third-order valence-electron chi connectivity index (χ3n) is 1.86. The maximum absolute atomic E-state index is 5.48. The molecule has 0 fully saturated rings. The van der Waals surface area contributed by atoms with Crippen molar-refractivity contribution in [1.82, 2.24) is 4.98 Å². The maximum Gasteiger partial charge on any atom is 0.197 e. The zero-order valence-corrected chi connectivity index (χ0v) is 7.49. The minimum absolute atomic E-state index is 0.646. The zero-order chi connectivity index (χ0) is 9.10. The zero-order valence-electron chi connectivity index (χ0n) is 7.49. The van der Waals surface area contributed by atoms with Crippen LogP contribution in [0.2, 0.25) is 0 Å². The molecule has 0 bridgehead atoms. The minimum atomic E-state index is 0.646. The van der Waals surface area contributed by atoms with Gasteiger partial charge in [-0.3, -0.25) is 0 Å². The average molecular weight is 177 g/mol. The third-order valence-corrected chi connectivity index (χ3v) is 1.86. The maximum atomic E-state index is 5.48. The Kier molecular flexibility index (Phi) is 2.27. The fourth-order valence-electron chi connectivity index (χ4n) is 1.22. The van der Waals surface area contributed by atoms with Crippen molar-refractivity contribution >= 4 is 11.1 Å². The Balaban J connectivity index is 2.28. The van der Waals surface area contributed by atoms with E-state index in [1.807, 2.05) is 24.3 Å². The molecule has 0 spiro atoms. The average Bonchev–Trinajstić information content (AvgIpc) is 2.57. The first-order valence-corrected chi connectivity index (χ1v) is 4.23. The lowest BCUT2D eigenvalue weighted by Crippen LogP contribution is -1.93. The Morgan fingerprint density at radius 1 is 1.38 bits per heavy atom. The van der Waals surface area contributed by atoms with E-state index >= 15 is 0 Å². The number of hydrogen-bond acceptors (Lipinski definition) is 3. The lowest BCUT2D eigenvalue weighted by atomic mass is 10.3. The van der Waals surface area contributed by atoms with E-state index in [0.29, 0.717) is 6.61 Å². The van der Waals surface area contributed by atoms with E-state index in [4.69, 9.17) is 9.15 Å². The molecule has 0 radical (unpaired) electrons. The second-order valence-electron chi connectivity index (χ2n) is 2.82. The molecule has 3 heteroatoms. The van der Waals surface area contributed by atoms with Crippen molar-refractivity contribution in [1.29, 1.82) is 0 Å². The fraction of sp³-hybridized carbons (Fsp3) is 0.300. The van der Waals surface area contributed by atoms with Crippen LogP contribution in [0, 0.1) is 0 Å². The summed E-state index contributed by atoms with van der Waals surface area (Å²) in [6.07, 6.45) is 0.727. The van der Waals surface area contributed by atoms with Gasteiger partial charge >= 0.3 is 0 Å². The smallest absolute Gasteiger partial charge is 0.197 e. The standard InChI is InChI=1S/C10H11NO2/c1-12-7-6-10-11-8-4-2-3-5-9(8)13-10/h2-5H,6-7H2,1H3. The largest absolute Gasteiger partial charge is 0.441 e. The van der Waals surface area contributed by atoms with Gasteiger partial charge < -0.3 is 9.15 Å². The normalized spacial score (nSPS) is 10.8. The molecule has 0 atom stereocenters. The van der Waals surface area contributed by atoms with Crippen LogP contribution in [0.1, 0.15) is 5.89 Å². The van der Waals surface area contributed by atoms with E-state index < -0.39 is 0 Å². The van der Waals surface area contributed by atoms with Gasteiger partial charge in [0, 0.05) is 13.5 Å². The third kappa shape index (κ3) is 1.70. The van der Waals surface area contributed by atoms with Crippen molar-refractivity contribution < 1.29 is 9.15 Å². The first-order chi connectivity index (χ1) is 6.40. The van der Waals surface area contributed by atoms with Crippen molar-refractivity contribution in [3.05, 3.63) is 30.2 Å². The van der Waals surface area contributed by atoms with Gasteiger partial charge in [0.1, 0.15) is 5.52 Å². The molecule has 0 saturated carbocycles. The molecule has 68 valence electrons. The van der Waals surface area contributed by atoms with E-state index in [1.54, 1.807) is 7.11 Å². The molecule has 1 heterocycles. The van der Waals surface area contributed by atoms with E-state index in [9.17, 15) is 0 Å². The molecular formula is C10H11NO2. The number of ether oxygens (including phenoxy) is 1. The molecule has 13 heavy (non-hydrogen) atoms. The highest BCUT2D eigenvalue weighted by atomic mass is 16.5. The summed E-state index contributed by atoms with van der Waals surface area (Å²) in [5.41, 5.74) is 1.75. The van der Waals surface area contributed by atoms with Crippen LogP contribution >= 0.6 is 0 Å². The minimum Gasteiger partial charge on any atom is -0.441 e. The molecule has 1 aromatic carbocycles. The second kappa shape index (κ2) is 3.58. The highest BCUT2D eigenvalue weighted by molar-refractivity contribution is 5.72. The van der Waals surface area contributed by atoms with Gasteiger partial charge in [-0.2, -0.15) is 0 Å². The number of methoxy groups -OCH3 is 1. The highest BCUT2D eigenvalue weighted by Gasteiger charge is 2.03. The van der Waals surface area contributed by atoms with Crippen LogP contribution in [0.15, 0.2) is 28.7 Å². The van der Waals surface area contributed by atoms with Gasteiger partial charge in [0.15, 0.2) is 11.5 Å². The van der Waals surface area contributed by atoms with Crippen molar-refractivity contribution in [3.63, 3.8) is 0 Å². The summed E-state index contributed by atoms with van der Waals surface area (Å²) in [4.78, 5) is 4.30. The van der Waals surface area contributed by atoms with Crippen LogP contribution in [-0.2, 0) is 11.2 Å². The Morgan fingerprint density at radius 2 is 2.23 bits per heavy atom. The summed E-state index contributed by atoms with van der Waals surface area (Å²) in [7, 11) is 1.67. The number of hydrogen-bond donors (Lipinski definition) is 0. The van der Waals surface area contributed by atoms with Crippen LogP contribution in [0.5, 0.6) is 0 Å². The number of rotatable bonds is 3. The molecule has 0 N–H and O–H groups in total. The molecule has 0 saturated heterocycles. The highest BCUT2D eigenvalue weighted by Crippen LogP contribution is 2.14. The summed E-state index contributed by atoms with van der Waals surface area (Å²) in [5, 5.41) is 0. The molecule has 0 unspecified atom stereocenters. The Bertz CT molecular complexity index is 361. The fourth-order valence-corrected chi connectivity index (χ4v) is 1.22. The summed E-state index contributed by atoms with van der Waals surface area (Å²) < 4.78 is 10.4. The number of para-hydroxylation sites is 2. The molecule has 1 aromatic heterocycles. The van der Waals surface area contributed by atoms with E-state index in [-0.39, 0.29) is 0 Å². The molecular weight excluding hydrogens is 166 g/mol. The van der Waals surface area contributed by atoms with E-state index in [0.717, 1.165) is 23.4 Å². The SMILES string of the molecule is COCCc1nc2ccccc2o1. The van der Waals surface area contributed by atoms with Crippen LogP contribution < -0.4 is 0 Å². The summed E-state index contributed by atoms with van der Waals surface area (Å²) in [6, 6.07) is 7.74. The topological polar surface area (TPSA) is 35.3 Å². The quantitative estimate of drug-likeness (QED) is 0.719. The van der Waals surface area contributed by atoms with Gasteiger partial charge in [0.2, 0.25) is 0 Å². The van der Waals surface area contributed by atoms with Crippen molar-refractivity contribution in [3.8, 4) is 0 Å². The molecule has 0 aliphatic rings. The Hall–Kier alpha value is -1.35. The van der Waals surface area contributed by atoms with Crippen LogP contribution in [0.4, 0.5) is 0 Å². The second-order valence-corrected chi connectivity index (χ2v) is 2.82. The number of benzene rings is 1. The van der Waals surface area contributed by atoms with Gasteiger partial charge in [-0.05, 0) is 12.1 Å². The molecule has 2 aromatic rings. The predicted molar refractivity (Wildman–Crippen MR) is 49.6 cm³/mol. The Morgan fingerprint density at radius 3 is 3.00 bits per heavy atom. The van der Waals surface area contributed by atoms with Gasteiger partial charge in [-0.25, -0.2) is 4.98 Å². The lowest BCUT2D eigenvalue weighted by Gasteiger charge is -1.91. The van der Waals surface area contributed by atoms with Gasteiger partial charge in [0.05, 0.1) is 6.61 Å². The Labute approximate surface area is 76.3 Å². The van der Waals surface area contributed by atoms with Crippen molar-refractivity contribution in [2.45, 2.75) is 6.42 Å². The number of fused-ring (bicyclic) bond motifs is 1. The van der Waals surface area contributed by atoms with Crippen LogP contribution in [-0.4, -0.2) is 18.7 Å². The van der Waals surface area contributed by atoms with E-state index in [1.165, 1.54) is 0 Å². The molecule has 0 amide bonds. The summed E-state index contributed by atoms with van der Waals surface area (Å²) in [6.45, 7) is 0.646. The molecule has 2 rings (SSSR count). The first kappa shape index (κ1) is 8.26. The summed E-state index contributed by atoms with van der Waals surface area (Å²) in [5.74, 6) is 0.739. The van der Waals surface area contributed by atoms with Crippen molar-refractivity contribution in [2.75, 3.05) is 13.7 Å². The molecule has 3 nitrogen and oxygen atoms in total. The van der Waals surface area contributed by atoms with E-state index in [2.05, 4.69) is 4.98 Å². The lowest BCUT2D eigenvalue weighted by molar-refractivity contribution is 0.196.